The summed E-state index contributed by atoms with van der Waals surface area (Å²) in [5.41, 5.74) is -7.66. The zero-order valence-electron chi connectivity index (χ0n) is 9.79. The molecule has 0 saturated carbocycles. The van der Waals surface area contributed by atoms with Gasteiger partial charge < -0.3 is 0 Å². The van der Waals surface area contributed by atoms with Crippen LogP contribution in [0, 0.1) is 0 Å². The lowest BCUT2D eigenvalue weighted by atomic mass is 10.0. The monoisotopic (exact) mass is 322 g/mol. The minimum atomic E-state index is -5.97. The Hall–Kier alpha value is -1.29. The van der Waals surface area contributed by atoms with Crippen molar-refractivity contribution in [1.82, 2.24) is 0 Å². The number of hydrogen-bond acceptors (Lipinski definition) is 3. The Morgan fingerprint density at radius 3 is 2.00 bits per heavy atom. The summed E-state index contributed by atoms with van der Waals surface area (Å²) in [6.07, 6.45) is -6.77. The van der Waals surface area contributed by atoms with Gasteiger partial charge in [-0.05, 0) is 18.6 Å². The van der Waals surface area contributed by atoms with Crippen LogP contribution < -0.4 is 0 Å². The molecule has 0 aromatic heterocycles. The number of rotatable bonds is 3. The van der Waals surface area contributed by atoms with Crippen LogP contribution in [0.1, 0.15) is 24.2 Å². The fourth-order valence-corrected chi connectivity index (χ4v) is 2.00. The van der Waals surface area contributed by atoms with Crippen LogP contribution in [0.25, 0.3) is 0 Å². The van der Waals surface area contributed by atoms with Crippen LogP contribution in [0.3, 0.4) is 0 Å². The summed E-state index contributed by atoms with van der Waals surface area (Å²) in [5, 5.41) is 0. The van der Waals surface area contributed by atoms with Crippen LogP contribution in [-0.4, -0.2) is 13.9 Å². The van der Waals surface area contributed by atoms with Crippen molar-refractivity contribution in [2.24, 2.45) is 0 Å². The van der Waals surface area contributed by atoms with Crippen molar-refractivity contribution in [3.05, 3.63) is 35.4 Å². The van der Waals surface area contributed by atoms with E-state index in [1.807, 2.05) is 0 Å². The average molecular weight is 322 g/mol. The summed E-state index contributed by atoms with van der Waals surface area (Å²) in [5.74, 6) is 0. The predicted octanol–water partition coefficient (Wildman–Crippen LogP) is 3.63. The van der Waals surface area contributed by atoms with Gasteiger partial charge in [-0.25, -0.2) is 0 Å². The van der Waals surface area contributed by atoms with Crippen LogP contribution in [-0.2, 0) is 20.5 Å². The van der Waals surface area contributed by atoms with Gasteiger partial charge in [-0.2, -0.15) is 34.8 Å². The van der Waals surface area contributed by atoms with E-state index in [1.54, 1.807) is 0 Å². The van der Waals surface area contributed by atoms with Crippen molar-refractivity contribution in [2.75, 3.05) is 0 Å². The Labute approximate surface area is 110 Å². The molecule has 0 amide bonds. The lowest BCUT2D eigenvalue weighted by Crippen LogP contribution is -2.27. The first-order chi connectivity index (χ1) is 8.86. The van der Waals surface area contributed by atoms with Crippen LogP contribution >= 0.6 is 0 Å². The van der Waals surface area contributed by atoms with Crippen molar-refractivity contribution < 1.29 is 38.9 Å². The van der Waals surface area contributed by atoms with E-state index in [2.05, 4.69) is 4.18 Å². The number of halogens is 6. The first kappa shape index (κ1) is 16.8. The minimum absolute atomic E-state index is 0.620. The summed E-state index contributed by atoms with van der Waals surface area (Å²) < 4.78 is 99.6. The maximum Gasteiger partial charge on any atom is 0.523 e. The average Bonchev–Trinajstić information content (AvgIpc) is 2.25. The van der Waals surface area contributed by atoms with Gasteiger partial charge in [0.15, 0.2) is 0 Å². The molecule has 1 unspecified atom stereocenters. The molecule has 1 rings (SSSR count). The lowest BCUT2D eigenvalue weighted by molar-refractivity contribution is -0.139. The van der Waals surface area contributed by atoms with Gasteiger partial charge in [0.25, 0.3) is 0 Å². The van der Waals surface area contributed by atoms with E-state index in [-0.39, 0.29) is 0 Å². The fourth-order valence-electron chi connectivity index (χ4n) is 1.41. The van der Waals surface area contributed by atoms with Gasteiger partial charge in [-0.1, -0.05) is 18.2 Å². The molecular formula is C10H8F6O3S. The minimum Gasteiger partial charge on any atom is -0.255 e. The highest BCUT2D eigenvalue weighted by Gasteiger charge is 2.48. The predicted molar refractivity (Wildman–Crippen MR) is 55.9 cm³/mol. The SMILES string of the molecule is CC(OS(=O)(=O)C(F)(F)F)c1ccccc1C(F)(F)F. The molecule has 0 aliphatic heterocycles. The molecule has 114 valence electrons. The zero-order chi connectivity index (χ0) is 15.8. The Balaban J connectivity index is 3.16. The third kappa shape index (κ3) is 3.63. The van der Waals surface area contributed by atoms with Crippen molar-refractivity contribution in [3.63, 3.8) is 0 Å². The van der Waals surface area contributed by atoms with Crippen molar-refractivity contribution in [3.8, 4) is 0 Å². The molecule has 0 saturated heterocycles. The second kappa shape index (κ2) is 5.24. The molecule has 1 atom stereocenters. The number of alkyl halides is 6. The molecule has 3 nitrogen and oxygen atoms in total. The van der Waals surface area contributed by atoms with E-state index in [1.165, 1.54) is 0 Å². The molecule has 1 aromatic rings. The Morgan fingerprint density at radius 2 is 1.55 bits per heavy atom. The third-order valence-electron chi connectivity index (χ3n) is 2.26. The van der Waals surface area contributed by atoms with Crippen LogP contribution in [0.5, 0.6) is 0 Å². The van der Waals surface area contributed by atoms with Crippen LogP contribution in [0.4, 0.5) is 26.3 Å². The van der Waals surface area contributed by atoms with E-state index in [4.69, 9.17) is 0 Å². The first-order valence-electron chi connectivity index (χ1n) is 5.02. The molecule has 0 bridgehead atoms. The lowest BCUT2D eigenvalue weighted by Gasteiger charge is -2.19. The van der Waals surface area contributed by atoms with Gasteiger partial charge >= 0.3 is 21.8 Å². The normalized spacial score (nSPS) is 15.2. The molecule has 1 aromatic carbocycles. The van der Waals surface area contributed by atoms with Gasteiger partial charge in [-0.3, -0.25) is 4.18 Å². The number of hydrogen-bond donors (Lipinski definition) is 0. The molecule has 0 fully saturated rings. The summed E-state index contributed by atoms with van der Waals surface area (Å²) in [7, 11) is -5.97. The highest BCUT2D eigenvalue weighted by Crippen LogP contribution is 2.37. The molecule has 0 spiro atoms. The van der Waals surface area contributed by atoms with Crippen LogP contribution in [0.2, 0.25) is 0 Å². The molecule has 0 aliphatic rings. The molecule has 0 aliphatic carbocycles. The molecule has 20 heavy (non-hydrogen) atoms. The van der Waals surface area contributed by atoms with Crippen molar-refractivity contribution >= 4 is 10.1 Å². The van der Waals surface area contributed by atoms with E-state index >= 15 is 0 Å². The summed E-state index contributed by atoms with van der Waals surface area (Å²) in [6, 6.07) is 3.62. The van der Waals surface area contributed by atoms with Gasteiger partial charge in [0.05, 0.1) is 5.56 Å². The Morgan fingerprint density at radius 1 is 1.05 bits per heavy atom. The maximum atomic E-state index is 12.6. The standard InChI is InChI=1S/C10H8F6O3S/c1-6(19-20(17,18)10(14,15)16)7-4-2-3-5-8(7)9(11,12)13/h2-6H,1H3. The zero-order valence-corrected chi connectivity index (χ0v) is 10.6. The Bertz CT molecular complexity index is 575. The van der Waals surface area contributed by atoms with Crippen LogP contribution in [0.15, 0.2) is 24.3 Å². The second-order valence-electron chi connectivity index (χ2n) is 3.72. The smallest absolute Gasteiger partial charge is 0.255 e. The summed E-state index contributed by atoms with van der Waals surface area (Å²) in [6.45, 7) is 0.786. The number of benzene rings is 1. The van der Waals surface area contributed by atoms with E-state index in [0.717, 1.165) is 25.1 Å². The van der Waals surface area contributed by atoms with Crippen molar-refractivity contribution in [1.29, 1.82) is 0 Å². The maximum absolute atomic E-state index is 12.6. The molecule has 0 heterocycles. The summed E-state index contributed by atoms with van der Waals surface area (Å²) in [4.78, 5) is 0. The molecule has 0 N–H and O–H groups in total. The highest BCUT2D eigenvalue weighted by atomic mass is 32.2. The fraction of sp³-hybridized carbons (Fsp3) is 0.400. The van der Waals surface area contributed by atoms with E-state index < -0.39 is 39.0 Å². The van der Waals surface area contributed by atoms with Crippen molar-refractivity contribution in [2.45, 2.75) is 24.7 Å². The van der Waals surface area contributed by atoms with Gasteiger partial charge in [0.1, 0.15) is 6.10 Å². The molecule has 0 radical (unpaired) electrons. The van der Waals surface area contributed by atoms with Gasteiger partial charge in [0, 0.05) is 0 Å². The van der Waals surface area contributed by atoms with E-state index in [0.29, 0.717) is 6.07 Å². The Kier molecular flexibility index (Phi) is 4.39. The molecular weight excluding hydrogens is 314 g/mol. The topological polar surface area (TPSA) is 43.4 Å². The quantitative estimate of drug-likeness (QED) is 0.485. The largest absolute Gasteiger partial charge is 0.523 e. The highest BCUT2D eigenvalue weighted by molar-refractivity contribution is 7.87. The van der Waals surface area contributed by atoms with Gasteiger partial charge in [0.2, 0.25) is 0 Å². The van der Waals surface area contributed by atoms with E-state index in [9.17, 15) is 34.8 Å². The molecule has 10 heteroatoms. The third-order valence-corrected chi connectivity index (χ3v) is 3.37. The van der Waals surface area contributed by atoms with Gasteiger partial charge in [-0.15, -0.1) is 0 Å². The summed E-state index contributed by atoms with van der Waals surface area (Å²) >= 11 is 0. The first-order valence-corrected chi connectivity index (χ1v) is 6.43. The second-order valence-corrected chi connectivity index (χ2v) is 5.29.